The lowest BCUT2D eigenvalue weighted by atomic mass is 9.84. The predicted molar refractivity (Wildman–Crippen MR) is 147 cm³/mol. The SMILES string of the molecule is CNC(=O)c1ccc(-c2ccc3c(n2)C2(CCCC2)CN3C(=O)NCc2ccc(S(C)(=O)=O)cc2)c(C)c1. The molecule has 1 fully saturated rings. The third-order valence-corrected chi connectivity index (χ3v) is 8.85. The molecule has 2 N–H and O–H groups in total. The molecule has 0 radical (unpaired) electrons. The summed E-state index contributed by atoms with van der Waals surface area (Å²) in [6.07, 6.45) is 5.36. The average molecular weight is 533 g/mol. The molecule has 1 aromatic heterocycles. The van der Waals surface area contributed by atoms with Crippen molar-refractivity contribution in [3.8, 4) is 11.3 Å². The minimum Gasteiger partial charge on any atom is -0.355 e. The number of nitrogens with one attached hydrogen (secondary N) is 2. The number of sulfone groups is 1. The molecule has 0 saturated heterocycles. The van der Waals surface area contributed by atoms with E-state index >= 15 is 0 Å². The molecule has 1 aliphatic carbocycles. The van der Waals surface area contributed by atoms with E-state index in [1.807, 2.05) is 37.3 Å². The summed E-state index contributed by atoms with van der Waals surface area (Å²) in [6.45, 7) is 2.86. The van der Waals surface area contributed by atoms with Crippen molar-refractivity contribution in [3.05, 3.63) is 77.0 Å². The van der Waals surface area contributed by atoms with Gasteiger partial charge in [-0.2, -0.15) is 0 Å². The topological polar surface area (TPSA) is 108 Å². The number of benzene rings is 2. The van der Waals surface area contributed by atoms with Gasteiger partial charge in [0.25, 0.3) is 5.91 Å². The average Bonchev–Trinajstić information content (AvgIpc) is 3.51. The van der Waals surface area contributed by atoms with Crippen LogP contribution in [0.1, 0.15) is 52.9 Å². The number of carbonyl (C=O) groups excluding carboxylic acids is 2. The van der Waals surface area contributed by atoms with Crippen molar-refractivity contribution >= 4 is 27.5 Å². The van der Waals surface area contributed by atoms with E-state index in [2.05, 4.69) is 10.6 Å². The highest BCUT2D eigenvalue weighted by atomic mass is 32.2. The molecule has 198 valence electrons. The van der Waals surface area contributed by atoms with Gasteiger partial charge in [0.15, 0.2) is 9.84 Å². The third kappa shape index (κ3) is 4.78. The van der Waals surface area contributed by atoms with Crippen molar-refractivity contribution in [1.82, 2.24) is 15.6 Å². The fourth-order valence-corrected chi connectivity index (χ4v) is 6.30. The monoisotopic (exact) mass is 532 g/mol. The Balaban J connectivity index is 1.40. The molecule has 5 rings (SSSR count). The number of carbonyl (C=O) groups is 2. The normalized spacial score (nSPS) is 15.9. The van der Waals surface area contributed by atoms with E-state index in [9.17, 15) is 18.0 Å². The molecule has 0 atom stereocenters. The van der Waals surface area contributed by atoms with Crippen molar-refractivity contribution in [1.29, 1.82) is 0 Å². The van der Waals surface area contributed by atoms with Gasteiger partial charge in [0.2, 0.25) is 0 Å². The molecule has 2 aliphatic rings. The molecule has 38 heavy (non-hydrogen) atoms. The molecular formula is C29H32N4O4S. The van der Waals surface area contributed by atoms with Crippen LogP contribution in [0.5, 0.6) is 0 Å². The van der Waals surface area contributed by atoms with E-state index in [4.69, 9.17) is 4.98 Å². The second-order valence-electron chi connectivity index (χ2n) is 10.3. The maximum absolute atomic E-state index is 13.3. The molecule has 3 amide bonds. The lowest BCUT2D eigenvalue weighted by Crippen LogP contribution is -2.41. The maximum atomic E-state index is 13.3. The maximum Gasteiger partial charge on any atom is 0.322 e. The Hall–Kier alpha value is -3.72. The molecular weight excluding hydrogens is 500 g/mol. The molecule has 0 bridgehead atoms. The van der Waals surface area contributed by atoms with Gasteiger partial charge >= 0.3 is 6.03 Å². The summed E-state index contributed by atoms with van der Waals surface area (Å²) in [5.74, 6) is -0.125. The van der Waals surface area contributed by atoms with Gasteiger partial charge in [-0.1, -0.05) is 31.0 Å². The quantitative estimate of drug-likeness (QED) is 0.508. The molecule has 2 aromatic carbocycles. The number of anilines is 1. The first-order valence-corrected chi connectivity index (χ1v) is 14.7. The first kappa shape index (κ1) is 25.9. The smallest absolute Gasteiger partial charge is 0.322 e. The summed E-state index contributed by atoms with van der Waals surface area (Å²) in [5.41, 5.74) is 5.85. The lowest BCUT2D eigenvalue weighted by Gasteiger charge is -2.24. The molecule has 9 heteroatoms. The minimum absolute atomic E-state index is 0.125. The van der Waals surface area contributed by atoms with Crippen LogP contribution in [-0.4, -0.2) is 45.2 Å². The number of amides is 3. The van der Waals surface area contributed by atoms with Gasteiger partial charge in [0.05, 0.1) is 22.0 Å². The van der Waals surface area contributed by atoms with Crippen molar-refractivity contribution < 1.29 is 18.0 Å². The Morgan fingerprint density at radius 1 is 1.03 bits per heavy atom. The number of aromatic nitrogens is 1. The molecule has 1 saturated carbocycles. The largest absolute Gasteiger partial charge is 0.355 e. The van der Waals surface area contributed by atoms with Crippen molar-refractivity contribution in [2.45, 2.75) is 49.5 Å². The highest BCUT2D eigenvalue weighted by molar-refractivity contribution is 7.90. The minimum atomic E-state index is -3.26. The van der Waals surface area contributed by atoms with Crippen LogP contribution in [0.25, 0.3) is 11.3 Å². The zero-order valence-corrected chi connectivity index (χ0v) is 22.7. The van der Waals surface area contributed by atoms with Crippen LogP contribution in [0.15, 0.2) is 59.5 Å². The molecule has 2 heterocycles. The van der Waals surface area contributed by atoms with Crippen molar-refractivity contribution in [2.75, 3.05) is 24.7 Å². The molecule has 0 unspecified atom stereocenters. The summed E-state index contributed by atoms with van der Waals surface area (Å²) in [7, 11) is -1.65. The Morgan fingerprint density at radius 2 is 1.74 bits per heavy atom. The van der Waals surface area contributed by atoms with Gasteiger partial charge in [-0.05, 0) is 67.3 Å². The van der Waals surface area contributed by atoms with Crippen LogP contribution < -0.4 is 15.5 Å². The van der Waals surface area contributed by atoms with E-state index in [0.29, 0.717) is 18.7 Å². The number of rotatable bonds is 5. The van der Waals surface area contributed by atoms with Crippen LogP contribution in [-0.2, 0) is 21.8 Å². The van der Waals surface area contributed by atoms with E-state index in [1.54, 1.807) is 36.2 Å². The Kier molecular flexibility index (Phi) is 6.73. The van der Waals surface area contributed by atoms with Crippen LogP contribution >= 0.6 is 0 Å². The second-order valence-corrected chi connectivity index (χ2v) is 12.3. The Bertz CT molecular complexity index is 1510. The Morgan fingerprint density at radius 3 is 2.37 bits per heavy atom. The zero-order chi connectivity index (χ0) is 27.1. The van der Waals surface area contributed by atoms with E-state index in [1.165, 1.54) is 6.26 Å². The van der Waals surface area contributed by atoms with Gasteiger partial charge in [-0.15, -0.1) is 0 Å². The van der Waals surface area contributed by atoms with Gasteiger partial charge in [0.1, 0.15) is 0 Å². The van der Waals surface area contributed by atoms with E-state index in [-0.39, 0.29) is 22.2 Å². The summed E-state index contributed by atoms with van der Waals surface area (Å²) in [5, 5.41) is 5.65. The number of fused-ring (bicyclic) bond motifs is 2. The fraction of sp³-hybridized carbons (Fsp3) is 0.345. The molecule has 3 aromatic rings. The van der Waals surface area contributed by atoms with Gasteiger partial charge in [0, 0.05) is 42.9 Å². The van der Waals surface area contributed by atoms with Crippen molar-refractivity contribution in [2.24, 2.45) is 0 Å². The van der Waals surface area contributed by atoms with E-state index in [0.717, 1.165) is 59.4 Å². The number of hydrogen-bond acceptors (Lipinski definition) is 5. The first-order valence-electron chi connectivity index (χ1n) is 12.8. The highest BCUT2D eigenvalue weighted by Crippen LogP contribution is 2.50. The number of pyridine rings is 1. The standard InChI is InChI=1S/C29H32N4O4S/c1-19-16-21(27(34)30-2)8-11-23(19)24-12-13-25-26(32-24)29(14-4-5-15-29)18-33(25)28(35)31-17-20-6-9-22(10-7-20)38(3,36)37/h6-13,16H,4-5,14-15,17-18H2,1-3H3,(H,30,34)(H,31,35). The van der Waals surface area contributed by atoms with E-state index < -0.39 is 9.84 Å². The lowest BCUT2D eigenvalue weighted by molar-refractivity contribution is 0.0963. The number of hydrogen-bond donors (Lipinski definition) is 2. The van der Waals surface area contributed by atoms with Gasteiger partial charge in [-0.25, -0.2) is 18.2 Å². The van der Waals surface area contributed by atoms with Crippen LogP contribution in [0.3, 0.4) is 0 Å². The fourth-order valence-electron chi connectivity index (χ4n) is 5.66. The number of nitrogens with zero attached hydrogens (tertiary/aromatic N) is 2. The second kappa shape index (κ2) is 9.87. The van der Waals surface area contributed by atoms with Gasteiger partial charge in [-0.3, -0.25) is 9.69 Å². The highest BCUT2D eigenvalue weighted by Gasteiger charge is 2.47. The first-order chi connectivity index (χ1) is 18.1. The summed E-state index contributed by atoms with van der Waals surface area (Å²) < 4.78 is 23.4. The van der Waals surface area contributed by atoms with Crippen LogP contribution in [0.2, 0.25) is 0 Å². The third-order valence-electron chi connectivity index (χ3n) is 7.72. The molecule has 8 nitrogen and oxygen atoms in total. The zero-order valence-electron chi connectivity index (χ0n) is 21.9. The van der Waals surface area contributed by atoms with Gasteiger partial charge < -0.3 is 10.6 Å². The number of urea groups is 1. The molecule has 1 aliphatic heterocycles. The van der Waals surface area contributed by atoms with Crippen molar-refractivity contribution in [3.63, 3.8) is 0 Å². The van der Waals surface area contributed by atoms with Crippen LogP contribution in [0.4, 0.5) is 10.5 Å². The summed E-state index contributed by atoms with van der Waals surface area (Å²) in [6, 6.07) is 15.9. The summed E-state index contributed by atoms with van der Waals surface area (Å²) >= 11 is 0. The Labute approximate surface area is 223 Å². The molecule has 1 spiro atoms. The number of aryl methyl sites for hydroxylation is 1. The summed E-state index contributed by atoms with van der Waals surface area (Å²) in [4.78, 5) is 32.5. The van der Waals surface area contributed by atoms with Crippen LogP contribution in [0, 0.1) is 6.92 Å². The predicted octanol–water partition coefficient (Wildman–Crippen LogP) is 4.36.